The Labute approximate surface area is 204 Å². The number of piperidine rings is 1. The average molecular weight is 502 g/mol. The number of carbonyl (C=O) groups is 1. The van der Waals surface area contributed by atoms with E-state index in [0.717, 1.165) is 41.6 Å². The fraction of sp³-hybridized carbons (Fsp3) is 0.440. The van der Waals surface area contributed by atoms with Gasteiger partial charge in [0.05, 0.1) is 16.2 Å². The van der Waals surface area contributed by atoms with Crippen LogP contribution in [0.2, 0.25) is 0 Å². The van der Waals surface area contributed by atoms with Crippen molar-refractivity contribution < 1.29 is 17.9 Å². The van der Waals surface area contributed by atoms with Crippen LogP contribution in [0.15, 0.2) is 52.4 Å². The summed E-state index contributed by atoms with van der Waals surface area (Å²) in [5, 5.41) is 0. The molecule has 34 heavy (non-hydrogen) atoms. The smallest absolute Gasteiger partial charge is 0.279 e. The standard InChI is InChI=1S/C25H31N3O4S2/c1-4-19-10-7-8-17-28(19)34(30,31)20-15-13-18(14-16-20)24(29)26-25-27(5-2)23-21(32-6-3)11-9-12-22(23)33-25/h9,11-16,19H,4-8,10,17H2,1-3H3. The molecule has 3 aromatic rings. The second-order valence-electron chi connectivity index (χ2n) is 8.28. The van der Waals surface area contributed by atoms with Crippen molar-refractivity contribution in [3.8, 4) is 5.75 Å². The molecule has 0 N–H and O–H groups in total. The van der Waals surface area contributed by atoms with E-state index >= 15 is 0 Å². The highest BCUT2D eigenvalue weighted by atomic mass is 32.2. The molecule has 2 heterocycles. The first-order chi connectivity index (χ1) is 16.4. The quantitative estimate of drug-likeness (QED) is 0.465. The molecule has 4 rings (SSSR count). The largest absolute Gasteiger partial charge is 0.492 e. The van der Waals surface area contributed by atoms with E-state index in [1.807, 2.05) is 43.5 Å². The zero-order valence-electron chi connectivity index (χ0n) is 19.9. The van der Waals surface area contributed by atoms with Crippen molar-refractivity contribution in [1.29, 1.82) is 0 Å². The summed E-state index contributed by atoms with van der Waals surface area (Å²) in [4.78, 5) is 18.1. The number of aromatic nitrogens is 1. The third-order valence-electron chi connectivity index (χ3n) is 6.23. The number of rotatable bonds is 7. The fourth-order valence-corrected chi connectivity index (χ4v) is 7.38. The Bertz CT molecular complexity index is 1340. The molecule has 1 aliphatic rings. The van der Waals surface area contributed by atoms with Crippen molar-refractivity contribution in [3.05, 3.63) is 52.8 Å². The highest BCUT2D eigenvalue weighted by molar-refractivity contribution is 7.89. The minimum absolute atomic E-state index is 0.0362. The molecule has 0 bridgehead atoms. The van der Waals surface area contributed by atoms with Crippen LogP contribution in [-0.4, -0.2) is 42.4 Å². The summed E-state index contributed by atoms with van der Waals surface area (Å²) in [6.07, 6.45) is 3.62. The predicted octanol–water partition coefficient (Wildman–Crippen LogP) is 4.82. The van der Waals surface area contributed by atoms with Gasteiger partial charge in [0.15, 0.2) is 4.80 Å². The van der Waals surface area contributed by atoms with Crippen LogP contribution in [0.3, 0.4) is 0 Å². The Hall–Kier alpha value is -2.49. The number of hydrogen-bond acceptors (Lipinski definition) is 5. The average Bonchev–Trinajstić information content (AvgIpc) is 3.22. The molecule has 1 fully saturated rings. The van der Waals surface area contributed by atoms with Gasteiger partial charge in [0.2, 0.25) is 10.0 Å². The number of amides is 1. The fourth-order valence-electron chi connectivity index (χ4n) is 4.50. The number of thiazole rings is 1. The molecular weight excluding hydrogens is 470 g/mol. The molecule has 0 spiro atoms. The third-order valence-corrected chi connectivity index (χ3v) is 9.24. The molecule has 1 amide bonds. The summed E-state index contributed by atoms with van der Waals surface area (Å²) in [5.74, 6) is 0.365. The van der Waals surface area contributed by atoms with Gasteiger partial charge in [-0.05, 0) is 69.5 Å². The van der Waals surface area contributed by atoms with Gasteiger partial charge in [0.25, 0.3) is 5.91 Å². The molecule has 1 atom stereocenters. The molecule has 1 aromatic heterocycles. The van der Waals surface area contributed by atoms with Gasteiger partial charge >= 0.3 is 0 Å². The molecule has 1 saturated heterocycles. The number of fused-ring (bicyclic) bond motifs is 1. The van der Waals surface area contributed by atoms with Crippen LogP contribution >= 0.6 is 11.3 Å². The van der Waals surface area contributed by atoms with Crippen LogP contribution in [0.25, 0.3) is 10.2 Å². The first-order valence-electron chi connectivity index (χ1n) is 11.9. The Morgan fingerprint density at radius 2 is 1.88 bits per heavy atom. The zero-order chi connectivity index (χ0) is 24.3. The maximum atomic E-state index is 13.2. The maximum absolute atomic E-state index is 13.2. The van der Waals surface area contributed by atoms with Crippen molar-refractivity contribution in [2.75, 3.05) is 13.2 Å². The van der Waals surface area contributed by atoms with Gasteiger partial charge in [0, 0.05) is 24.7 Å². The summed E-state index contributed by atoms with van der Waals surface area (Å²) >= 11 is 1.43. The number of carbonyl (C=O) groups excluding carboxylic acids is 1. The van der Waals surface area contributed by atoms with Gasteiger partial charge in [-0.3, -0.25) is 4.79 Å². The molecule has 2 aromatic carbocycles. The lowest BCUT2D eigenvalue weighted by atomic mass is 10.0. The molecule has 9 heteroatoms. The number of para-hydroxylation sites is 1. The Morgan fingerprint density at radius 1 is 1.12 bits per heavy atom. The van der Waals surface area contributed by atoms with Crippen LogP contribution < -0.4 is 9.54 Å². The molecule has 0 saturated carbocycles. The van der Waals surface area contributed by atoms with Gasteiger partial charge in [-0.15, -0.1) is 0 Å². The topological polar surface area (TPSA) is 81.0 Å². The number of ether oxygens (including phenoxy) is 1. The number of hydrogen-bond donors (Lipinski definition) is 0. The highest BCUT2D eigenvalue weighted by Gasteiger charge is 2.32. The lowest BCUT2D eigenvalue weighted by Gasteiger charge is -2.34. The molecule has 0 radical (unpaired) electrons. The molecule has 1 unspecified atom stereocenters. The van der Waals surface area contributed by atoms with Crippen molar-refractivity contribution >= 4 is 37.5 Å². The molecule has 1 aliphatic heterocycles. The maximum Gasteiger partial charge on any atom is 0.279 e. The first kappa shape index (κ1) is 24.6. The number of aryl methyl sites for hydroxylation is 1. The monoisotopic (exact) mass is 501 g/mol. The SMILES string of the molecule is CCOc1cccc2sc(=NC(=O)c3ccc(S(=O)(=O)N4CCCCC4CC)cc3)n(CC)c12. The molecule has 182 valence electrons. The van der Waals surface area contributed by atoms with E-state index in [4.69, 9.17) is 4.74 Å². The minimum Gasteiger partial charge on any atom is -0.492 e. The first-order valence-corrected chi connectivity index (χ1v) is 14.1. The van der Waals surface area contributed by atoms with E-state index < -0.39 is 15.9 Å². The van der Waals surface area contributed by atoms with E-state index in [-0.39, 0.29) is 10.9 Å². The van der Waals surface area contributed by atoms with Crippen LogP contribution in [-0.2, 0) is 16.6 Å². The van der Waals surface area contributed by atoms with E-state index in [0.29, 0.717) is 30.1 Å². The van der Waals surface area contributed by atoms with E-state index in [9.17, 15) is 13.2 Å². The van der Waals surface area contributed by atoms with Gasteiger partial charge < -0.3 is 9.30 Å². The number of sulfonamides is 1. The molecule has 7 nitrogen and oxygen atoms in total. The van der Waals surface area contributed by atoms with Crippen molar-refractivity contribution in [1.82, 2.24) is 8.87 Å². The summed E-state index contributed by atoms with van der Waals surface area (Å²) in [6.45, 7) is 7.70. The number of nitrogens with zero attached hydrogens (tertiary/aromatic N) is 3. The summed E-state index contributed by atoms with van der Waals surface area (Å²) in [7, 11) is -3.59. The lowest BCUT2D eigenvalue weighted by molar-refractivity contribution is 0.0997. The number of benzene rings is 2. The normalized spacial score (nSPS) is 17.9. The van der Waals surface area contributed by atoms with Gasteiger partial charge in [-0.2, -0.15) is 9.30 Å². The van der Waals surface area contributed by atoms with E-state index in [1.165, 1.54) is 23.5 Å². The van der Waals surface area contributed by atoms with Crippen molar-refractivity contribution in [2.45, 2.75) is 63.9 Å². The zero-order valence-corrected chi connectivity index (χ0v) is 21.5. The molecule has 0 aliphatic carbocycles. The van der Waals surface area contributed by atoms with Gasteiger partial charge in [-0.1, -0.05) is 30.7 Å². The Balaban J connectivity index is 1.65. The van der Waals surface area contributed by atoms with Crippen molar-refractivity contribution in [2.24, 2.45) is 4.99 Å². The summed E-state index contributed by atoms with van der Waals surface area (Å²) < 4.78 is 36.8. The van der Waals surface area contributed by atoms with E-state index in [2.05, 4.69) is 4.99 Å². The van der Waals surface area contributed by atoms with Crippen molar-refractivity contribution in [3.63, 3.8) is 0 Å². The van der Waals surface area contributed by atoms with Crippen LogP contribution in [0.5, 0.6) is 5.75 Å². The minimum atomic E-state index is -3.59. The van der Waals surface area contributed by atoms with Crippen LogP contribution in [0, 0.1) is 0 Å². The summed E-state index contributed by atoms with van der Waals surface area (Å²) in [6, 6.07) is 12.0. The third kappa shape index (κ3) is 4.69. The van der Waals surface area contributed by atoms with E-state index in [1.54, 1.807) is 16.4 Å². The second-order valence-corrected chi connectivity index (χ2v) is 11.2. The Morgan fingerprint density at radius 3 is 2.56 bits per heavy atom. The lowest BCUT2D eigenvalue weighted by Crippen LogP contribution is -2.43. The predicted molar refractivity (Wildman–Crippen MR) is 135 cm³/mol. The summed E-state index contributed by atoms with van der Waals surface area (Å²) in [5.41, 5.74) is 1.28. The van der Waals surface area contributed by atoms with Crippen LogP contribution in [0.1, 0.15) is 56.8 Å². The van der Waals surface area contributed by atoms with Crippen LogP contribution in [0.4, 0.5) is 0 Å². The van der Waals surface area contributed by atoms with Gasteiger partial charge in [-0.25, -0.2) is 8.42 Å². The second kappa shape index (κ2) is 10.4. The molecular formula is C25H31N3O4S2. The van der Waals surface area contributed by atoms with Gasteiger partial charge in [0.1, 0.15) is 11.3 Å². The Kier molecular flexibility index (Phi) is 7.54. The highest BCUT2D eigenvalue weighted by Crippen LogP contribution is 2.29.